The minimum atomic E-state index is 0.533. The molecule has 1 N–H and O–H groups in total. The Hall–Kier alpha value is -1.45. The lowest BCUT2D eigenvalue weighted by Crippen LogP contribution is -1.91. The van der Waals surface area contributed by atoms with E-state index in [4.69, 9.17) is 27.9 Å². The molecule has 2 rings (SSSR count). The van der Waals surface area contributed by atoms with Crippen molar-refractivity contribution in [2.75, 3.05) is 12.4 Å². The maximum absolute atomic E-state index is 5.88. The number of rotatable bonds is 3. The summed E-state index contributed by atoms with van der Waals surface area (Å²) in [5, 5.41) is 4.05. The van der Waals surface area contributed by atoms with Gasteiger partial charge in [-0.05, 0) is 18.2 Å². The lowest BCUT2D eigenvalue weighted by Gasteiger charge is -2.07. The van der Waals surface area contributed by atoms with Crippen LogP contribution in [0.5, 0.6) is 11.5 Å². The molecule has 0 radical (unpaired) electrons. The Labute approximate surface area is 109 Å². The van der Waals surface area contributed by atoms with E-state index >= 15 is 0 Å². The third-order valence-electron chi connectivity index (χ3n) is 2.07. The van der Waals surface area contributed by atoms with Crippen molar-refractivity contribution in [1.82, 2.24) is 4.98 Å². The highest BCUT2D eigenvalue weighted by molar-refractivity contribution is 6.34. The average molecular weight is 269 g/mol. The van der Waals surface area contributed by atoms with Gasteiger partial charge in [0, 0.05) is 23.2 Å². The van der Waals surface area contributed by atoms with E-state index in [0.29, 0.717) is 21.5 Å². The molecule has 1 aromatic carbocycles. The van der Waals surface area contributed by atoms with Crippen molar-refractivity contribution >= 4 is 28.9 Å². The first-order valence-electron chi connectivity index (χ1n) is 4.94. The van der Waals surface area contributed by atoms with Crippen LogP contribution < -0.4 is 10.1 Å². The van der Waals surface area contributed by atoms with E-state index < -0.39 is 0 Å². The van der Waals surface area contributed by atoms with Crippen molar-refractivity contribution < 1.29 is 4.74 Å². The Balaban J connectivity index is 2.24. The van der Waals surface area contributed by atoms with Gasteiger partial charge < -0.3 is 10.1 Å². The predicted molar refractivity (Wildman–Crippen MR) is 70.3 cm³/mol. The topological polar surface area (TPSA) is 34.2 Å². The number of ether oxygens (including phenoxy) is 1. The van der Waals surface area contributed by atoms with Crippen molar-refractivity contribution in [3.63, 3.8) is 0 Å². The summed E-state index contributed by atoms with van der Waals surface area (Å²) >= 11 is 11.8. The molecule has 0 unspecified atom stereocenters. The first-order chi connectivity index (χ1) is 8.17. The second kappa shape index (κ2) is 5.25. The number of anilines is 1. The lowest BCUT2D eigenvalue weighted by molar-refractivity contribution is 0.480. The molecule has 0 spiro atoms. The molecule has 0 bridgehead atoms. The van der Waals surface area contributed by atoms with Crippen LogP contribution >= 0.6 is 23.2 Å². The highest BCUT2D eigenvalue weighted by Crippen LogP contribution is 2.28. The first-order valence-corrected chi connectivity index (χ1v) is 5.70. The van der Waals surface area contributed by atoms with Crippen LogP contribution in [0.25, 0.3) is 0 Å². The summed E-state index contributed by atoms with van der Waals surface area (Å²) in [6.07, 6.45) is 3.33. The summed E-state index contributed by atoms with van der Waals surface area (Å²) in [6, 6.07) is 6.87. The normalized spacial score (nSPS) is 10.1. The third-order valence-corrected chi connectivity index (χ3v) is 2.51. The highest BCUT2D eigenvalue weighted by atomic mass is 35.5. The minimum absolute atomic E-state index is 0.533. The molecular weight excluding hydrogens is 259 g/mol. The zero-order valence-corrected chi connectivity index (χ0v) is 10.6. The second-order valence-electron chi connectivity index (χ2n) is 3.37. The Bertz CT molecular complexity index is 511. The molecule has 1 heterocycles. The number of nitrogens with zero attached hydrogens (tertiary/aromatic N) is 1. The first kappa shape index (κ1) is 12.0. The van der Waals surface area contributed by atoms with Gasteiger partial charge in [-0.2, -0.15) is 0 Å². The molecule has 0 saturated carbocycles. The van der Waals surface area contributed by atoms with Crippen LogP contribution in [0.15, 0.2) is 36.7 Å². The maximum Gasteiger partial charge on any atom is 0.147 e. The molecule has 0 aliphatic heterocycles. The highest BCUT2D eigenvalue weighted by Gasteiger charge is 2.02. The zero-order valence-electron chi connectivity index (χ0n) is 9.08. The van der Waals surface area contributed by atoms with Crippen molar-refractivity contribution in [1.29, 1.82) is 0 Å². The Kier molecular flexibility index (Phi) is 3.71. The summed E-state index contributed by atoms with van der Waals surface area (Å²) in [4.78, 5) is 4.04. The molecule has 0 aliphatic carbocycles. The molecule has 1 aromatic heterocycles. The Morgan fingerprint density at radius 2 is 1.71 bits per heavy atom. The largest absolute Gasteiger partial charge is 0.456 e. The van der Waals surface area contributed by atoms with Crippen molar-refractivity contribution in [3.8, 4) is 11.5 Å². The van der Waals surface area contributed by atoms with Crippen molar-refractivity contribution in [3.05, 3.63) is 46.7 Å². The number of benzene rings is 1. The van der Waals surface area contributed by atoms with Gasteiger partial charge in [0.25, 0.3) is 0 Å². The van der Waals surface area contributed by atoms with Crippen LogP contribution in [0.1, 0.15) is 0 Å². The maximum atomic E-state index is 5.88. The smallest absolute Gasteiger partial charge is 0.147 e. The van der Waals surface area contributed by atoms with Crippen LogP contribution in [0.3, 0.4) is 0 Å². The number of halogens is 2. The predicted octanol–water partition coefficient (Wildman–Crippen LogP) is 4.22. The van der Waals surface area contributed by atoms with Crippen LogP contribution in [0.2, 0.25) is 10.0 Å². The third kappa shape index (κ3) is 3.25. The fraction of sp³-hybridized carbons (Fsp3) is 0.0833. The molecule has 0 aliphatic rings. The van der Waals surface area contributed by atoms with Crippen LogP contribution in [0, 0.1) is 0 Å². The molecule has 0 saturated heterocycles. The lowest BCUT2D eigenvalue weighted by atomic mass is 10.3. The summed E-state index contributed by atoms with van der Waals surface area (Å²) in [7, 11) is 1.82. The van der Waals surface area contributed by atoms with Gasteiger partial charge >= 0.3 is 0 Å². The van der Waals surface area contributed by atoms with Crippen molar-refractivity contribution in [2.45, 2.75) is 0 Å². The molecule has 5 heteroatoms. The number of aromatic nitrogens is 1. The molecular formula is C12H10Cl2N2O. The average Bonchev–Trinajstić information content (AvgIpc) is 2.28. The van der Waals surface area contributed by atoms with E-state index in [2.05, 4.69) is 10.3 Å². The van der Waals surface area contributed by atoms with Crippen LogP contribution in [-0.2, 0) is 0 Å². The SMILES string of the molecule is CNc1cncc(Oc2cc(Cl)cc(Cl)c2)c1. The van der Waals surface area contributed by atoms with E-state index in [0.717, 1.165) is 5.69 Å². The fourth-order valence-electron chi connectivity index (χ4n) is 1.33. The molecule has 0 atom stereocenters. The van der Waals surface area contributed by atoms with Gasteiger partial charge in [-0.3, -0.25) is 4.98 Å². The van der Waals surface area contributed by atoms with E-state index in [1.54, 1.807) is 30.6 Å². The van der Waals surface area contributed by atoms with Gasteiger partial charge in [0.05, 0.1) is 18.1 Å². The number of pyridine rings is 1. The monoisotopic (exact) mass is 268 g/mol. The van der Waals surface area contributed by atoms with Gasteiger partial charge in [0.1, 0.15) is 11.5 Å². The van der Waals surface area contributed by atoms with Crippen molar-refractivity contribution in [2.24, 2.45) is 0 Å². The van der Waals surface area contributed by atoms with Gasteiger partial charge in [0.15, 0.2) is 0 Å². The fourth-order valence-corrected chi connectivity index (χ4v) is 1.84. The van der Waals surface area contributed by atoms with Crippen LogP contribution in [0.4, 0.5) is 5.69 Å². The standard InChI is InChI=1S/C12H10Cl2N2O/c1-15-10-5-12(7-16-6-10)17-11-3-8(13)2-9(14)4-11/h2-7,15H,1H3. The number of nitrogens with one attached hydrogen (secondary N) is 1. The minimum Gasteiger partial charge on any atom is -0.456 e. The summed E-state index contributed by atoms with van der Waals surface area (Å²) in [5.41, 5.74) is 0.871. The molecule has 0 fully saturated rings. The zero-order chi connectivity index (χ0) is 12.3. The molecule has 88 valence electrons. The van der Waals surface area contributed by atoms with Crippen LogP contribution in [-0.4, -0.2) is 12.0 Å². The van der Waals surface area contributed by atoms with E-state index in [1.807, 2.05) is 13.1 Å². The molecule has 3 nitrogen and oxygen atoms in total. The number of hydrogen-bond donors (Lipinski definition) is 1. The van der Waals surface area contributed by atoms with E-state index in [9.17, 15) is 0 Å². The molecule has 0 amide bonds. The quantitative estimate of drug-likeness (QED) is 0.905. The van der Waals surface area contributed by atoms with E-state index in [-0.39, 0.29) is 0 Å². The molecule has 17 heavy (non-hydrogen) atoms. The van der Waals surface area contributed by atoms with Gasteiger partial charge in [-0.1, -0.05) is 23.2 Å². The number of hydrogen-bond acceptors (Lipinski definition) is 3. The van der Waals surface area contributed by atoms with E-state index in [1.165, 1.54) is 0 Å². The second-order valence-corrected chi connectivity index (χ2v) is 4.24. The Morgan fingerprint density at radius 3 is 2.35 bits per heavy atom. The van der Waals surface area contributed by atoms with Gasteiger partial charge in [-0.15, -0.1) is 0 Å². The Morgan fingerprint density at radius 1 is 1.00 bits per heavy atom. The summed E-state index contributed by atoms with van der Waals surface area (Å²) < 4.78 is 5.61. The summed E-state index contributed by atoms with van der Waals surface area (Å²) in [6.45, 7) is 0. The van der Waals surface area contributed by atoms with Gasteiger partial charge in [-0.25, -0.2) is 0 Å². The van der Waals surface area contributed by atoms with Gasteiger partial charge in [0.2, 0.25) is 0 Å². The molecule has 2 aromatic rings. The summed E-state index contributed by atoms with van der Waals surface area (Å²) in [5.74, 6) is 1.20.